The minimum Gasteiger partial charge on any atom is -0.453 e. The van der Waals surface area contributed by atoms with Gasteiger partial charge in [-0.3, -0.25) is 10.6 Å². The number of ether oxygens (including phenoxy) is 2. The van der Waals surface area contributed by atoms with Crippen molar-refractivity contribution in [3.63, 3.8) is 0 Å². The smallest absolute Gasteiger partial charge is 0.453 e. The quantitative estimate of drug-likeness (QED) is 0.560. The highest BCUT2D eigenvalue weighted by molar-refractivity contribution is 6.61. The molecule has 8 nitrogen and oxygen atoms in total. The average Bonchev–Trinajstić information content (AvgIpc) is 2.39. The molecule has 2 amide bonds. The first-order chi connectivity index (χ1) is 8.99. The van der Waals surface area contributed by atoms with E-state index in [1.165, 1.54) is 25.3 Å². The van der Waals surface area contributed by atoms with Gasteiger partial charge in [-0.1, -0.05) is 12.1 Å². The molecule has 0 atom stereocenters. The molecule has 0 fully saturated rings. The highest BCUT2D eigenvalue weighted by atomic mass is 16.5. The predicted molar refractivity (Wildman–Crippen MR) is 68.3 cm³/mol. The van der Waals surface area contributed by atoms with E-state index in [0.29, 0.717) is 0 Å². The third-order valence-electron chi connectivity index (χ3n) is 2.21. The van der Waals surface area contributed by atoms with Crippen LogP contribution < -0.4 is 16.1 Å². The van der Waals surface area contributed by atoms with Crippen LogP contribution in [0.25, 0.3) is 0 Å². The van der Waals surface area contributed by atoms with Gasteiger partial charge in [-0.05, 0) is 6.07 Å². The summed E-state index contributed by atoms with van der Waals surface area (Å²) in [6.45, 7) is 0. The monoisotopic (exact) mass is 268 g/mol. The first kappa shape index (κ1) is 14.8. The molecule has 102 valence electrons. The SMILES string of the molecule is COC(=O)Nc1cccc(B(O)O)c1NC(=O)OC. The molecule has 1 aromatic carbocycles. The van der Waals surface area contributed by atoms with E-state index in [1.54, 1.807) is 0 Å². The second kappa shape index (κ2) is 6.62. The van der Waals surface area contributed by atoms with Crippen LogP contribution in [0.5, 0.6) is 0 Å². The van der Waals surface area contributed by atoms with E-state index in [9.17, 15) is 19.6 Å². The first-order valence-corrected chi connectivity index (χ1v) is 5.18. The molecule has 0 unspecified atom stereocenters. The van der Waals surface area contributed by atoms with Crippen molar-refractivity contribution in [3.05, 3.63) is 18.2 Å². The molecule has 1 rings (SSSR count). The molecular formula is C10H13BN2O6. The molecule has 9 heteroatoms. The van der Waals surface area contributed by atoms with E-state index in [1.807, 2.05) is 0 Å². The van der Waals surface area contributed by atoms with Crippen molar-refractivity contribution in [3.8, 4) is 0 Å². The number of hydrogen-bond donors (Lipinski definition) is 4. The lowest BCUT2D eigenvalue weighted by Gasteiger charge is -2.15. The van der Waals surface area contributed by atoms with Crippen LogP contribution >= 0.6 is 0 Å². The molecule has 19 heavy (non-hydrogen) atoms. The number of amides is 2. The number of methoxy groups -OCH3 is 2. The third-order valence-corrected chi connectivity index (χ3v) is 2.21. The van der Waals surface area contributed by atoms with Crippen LogP contribution in [0.4, 0.5) is 21.0 Å². The van der Waals surface area contributed by atoms with Gasteiger partial charge in [-0.25, -0.2) is 9.59 Å². The van der Waals surface area contributed by atoms with Crippen LogP contribution in [0.2, 0.25) is 0 Å². The Labute approximate surface area is 109 Å². The zero-order valence-corrected chi connectivity index (χ0v) is 10.3. The minimum absolute atomic E-state index is 0.000645. The highest BCUT2D eigenvalue weighted by Crippen LogP contribution is 2.20. The lowest BCUT2D eigenvalue weighted by Crippen LogP contribution is -2.34. The Bertz CT molecular complexity index is 479. The Morgan fingerprint density at radius 3 is 2.21 bits per heavy atom. The van der Waals surface area contributed by atoms with E-state index >= 15 is 0 Å². The summed E-state index contributed by atoms with van der Waals surface area (Å²) < 4.78 is 8.84. The topological polar surface area (TPSA) is 117 Å². The molecule has 0 saturated heterocycles. The summed E-state index contributed by atoms with van der Waals surface area (Å²) in [6, 6.07) is 4.30. The van der Waals surface area contributed by atoms with Crippen LogP contribution in [-0.4, -0.2) is 43.6 Å². The standard InChI is InChI=1S/C10H13BN2O6/c1-18-9(14)12-7-5-3-4-6(11(16)17)8(7)13-10(15)19-2/h3-5,16-17H,1-2H3,(H,12,14)(H,13,15). The number of carbonyl (C=O) groups is 2. The van der Waals surface area contributed by atoms with E-state index in [0.717, 1.165) is 7.11 Å². The molecule has 0 aliphatic rings. The van der Waals surface area contributed by atoms with Crippen LogP contribution in [0, 0.1) is 0 Å². The number of hydrogen-bond acceptors (Lipinski definition) is 6. The zero-order chi connectivity index (χ0) is 14.4. The summed E-state index contributed by atoms with van der Waals surface area (Å²) in [6.07, 6.45) is -1.58. The first-order valence-electron chi connectivity index (χ1n) is 5.18. The van der Waals surface area contributed by atoms with Gasteiger partial charge >= 0.3 is 19.3 Å². The molecule has 1 aromatic rings. The maximum absolute atomic E-state index is 11.2. The average molecular weight is 268 g/mol. The summed E-state index contributed by atoms with van der Waals surface area (Å²) in [7, 11) is 0.500. The summed E-state index contributed by atoms with van der Waals surface area (Å²) in [5, 5.41) is 23.1. The summed E-state index contributed by atoms with van der Waals surface area (Å²) in [4.78, 5) is 22.4. The summed E-state index contributed by atoms with van der Waals surface area (Å²) >= 11 is 0. The van der Waals surface area contributed by atoms with Crippen LogP contribution in [-0.2, 0) is 9.47 Å². The molecule has 0 aliphatic carbocycles. The number of rotatable bonds is 3. The van der Waals surface area contributed by atoms with Crippen molar-refractivity contribution < 1.29 is 29.1 Å². The summed E-state index contributed by atoms with van der Waals surface area (Å²) in [5.74, 6) is 0. The van der Waals surface area contributed by atoms with Crippen LogP contribution in [0.3, 0.4) is 0 Å². The van der Waals surface area contributed by atoms with Crippen molar-refractivity contribution in [1.82, 2.24) is 0 Å². The Balaban J connectivity index is 3.17. The van der Waals surface area contributed by atoms with E-state index < -0.39 is 19.3 Å². The third kappa shape index (κ3) is 3.86. The number of anilines is 2. The van der Waals surface area contributed by atoms with Gasteiger partial charge in [-0.2, -0.15) is 0 Å². The molecule has 0 aliphatic heterocycles. The van der Waals surface area contributed by atoms with Gasteiger partial charge in [0.1, 0.15) is 0 Å². The predicted octanol–water partition coefficient (Wildman–Crippen LogP) is -0.277. The van der Waals surface area contributed by atoms with E-state index in [4.69, 9.17) is 0 Å². The number of para-hydroxylation sites is 1. The van der Waals surface area contributed by atoms with Gasteiger partial charge in [-0.15, -0.1) is 0 Å². The van der Waals surface area contributed by atoms with Crippen LogP contribution in [0.15, 0.2) is 18.2 Å². The van der Waals surface area contributed by atoms with E-state index in [-0.39, 0.29) is 16.8 Å². The van der Waals surface area contributed by atoms with Crippen molar-refractivity contribution in [1.29, 1.82) is 0 Å². The molecule has 4 N–H and O–H groups in total. The van der Waals surface area contributed by atoms with Gasteiger partial charge < -0.3 is 19.5 Å². The van der Waals surface area contributed by atoms with Gasteiger partial charge in [0.15, 0.2) is 0 Å². The molecule has 0 saturated carbocycles. The Morgan fingerprint density at radius 2 is 1.68 bits per heavy atom. The fraction of sp³-hybridized carbons (Fsp3) is 0.200. The molecule has 0 radical (unpaired) electrons. The van der Waals surface area contributed by atoms with Gasteiger partial charge in [0.2, 0.25) is 0 Å². The number of benzene rings is 1. The zero-order valence-electron chi connectivity index (χ0n) is 10.3. The fourth-order valence-corrected chi connectivity index (χ4v) is 1.34. The number of nitrogens with one attached hydrogen (secondary N) is 2. The minimum atomic E-state index is -1.83. The van der Waals surface area contributed by atoms with Gasteiger partial charge in [0.05, 0.1) is 25.6 Å². The van der Waals surface area contributed by atoms with Crippen LogP contribution in [0.1, 0.15) is 0 Å². The van der Waals surface area contributed by atoms with E-state index in [2.05, 4.69) is 20.1 Å². The highest BCUT2D eigenvalue weighted by Gasteiger charge is 2.21. The normalized spacial score (nSPS) is 9.47. The fourth-order valence-electron chi connectivity index (χ4n) is 1.34. The van der Waals surface area contributed by atoms with Crippen molar-refractivity contribution in [2.75, 3.05) is 24.9 Å². The lowest BCUT2D eigenvalue weighted by atomic mass is 9.78. The molecular weight excluding hydrogens is 255 g/mol. The summed E-state index contributed by atoms with van der Waals surface area (Å²) in [5.41, 5.74) is 0.150. The second-order valence-corrected chi connectivity index (χ2v) is 3.38. The lowest BCUT2D eigenvalue weighted by molar-refractivity contribution is 0.185. The van der Waals surface area contributed by atoms with Gasteiger partial charge in [0.25, 0.3) is 0 Å². The molecule has 0 heterocycles. The van der Waals surface area contributed by atoms with Crippen molar-refractivity contribution in [2.45, 2.75) is 0 Å². The number of carbonyl (C=O) groups excluding carboxylic acids is 2. The van der Waals surface area contributed by atoms with Crippen molar-refractivity contribution >= 4 is 36.1 Å². The molecule has 0 aromatic heterocycles. The Hall–Kier alpha value is -2.26. The Kier molecular flexibility index (Phi) is 5.16. The second-order valence-electron chi connectivity index (χ2n) is 3.38. The molecule has 0 bridgehead atoms. The van der Waals surface area contributed by atoms with Gasteiger partial charge in [0, 0.05) is 5.46 Å². The van der Waals surface area contributed by atoms with Crippen molar-refractivity contribution in [2.24, 2.45) is 0 Å². The molecule has 0 spiro atoms. The Morgan fingerprint density at radius 1 is 1.11 bits per heavy atom. The largest absolute Gasteiger partial charge is 0.490 e. The maximum Gasteiger partial charge on any atom is 0.490 e. The maximum atomic E-state index is 11.2.